The van der Waals surface area contributed by atoms with Gasteiger partial charge in [0.05, 0.1) is 12.7 Å². The summed E-state index contributed by atoms with van der Waals surface area (Å²) in [4.78, 5) is 16.8. The Labute approximate surface area is 158 Å². The zero-order chi connectivity index (χ0) is 18.5. The summed E-state index contributed by atoms with van der Waals surface area (Å²) >= 11 is 0. The molecule has 0 atom stereocenters. The predicted molar refractivity (Wildman–Crippen MR) is 106 cm³/mol. The van der Waals surface area contributed by atoms with Crippen LogP contribution in [0.25, 0.3) is 10.8 Å². The maximum atomic E-state index is 12.3. The lowest BCUT2D eigenvalue weighted by atomic mass is 10.2. The van der Waals surface area contributed by atoms with E-state index in [9.17, 15) is 4.79 Å². The minimum absolute atomic E-state index is 0.0853. The van der Waals surface area contributed by atoms with E-state index in [4.69, 9.17) is 0 Å². The molecule has 3 aromatic rings. The van der Waals surface area contributed by atoms with Gasteiger partial charge in [0.25, 0.3) is 5.91 Å². The van der Waals surface area contributed by atoms with Gasteiger partial charge in [-0.15, -0.1) is 5.10 Å². The molecule has 1 aliphatic rings. The summed E-state index contributed by atoms with van der Waals surface area (Å²) in [7, 11) is 0. The smallest absolute Gasteiger partial charge is 0.252 e. The van der Waals surface area contributed by atoms with Crippen molar-refractivity contribution in [2.75, 3.05) is 43.0 Å². The SMILES string of the molecule is O=C(CN1CCN(c2ccccc2)CC1)NNc1nncc2ccccc12. The Morgan fingerprint density at radius 1 is 0.963 bits per heavy atom. The van der Waals surface area contributed by atoms with Crippen molar-refractivity contribution in [1.29, 1.82) is 0 Å². The van der Waals surface area contributed by atoms with Crippen LogP contribution in [0.4, 0.5) is 11.5 Å². The fraction of sp³-hybridized carbons (Fsp3) is 0.250. The van der Waals surface area contributed by atoms with E-state index in [1.807, 2.05) is 30.3 Å². The number of amides is 1. The predicted octanol–water partition coefficient (Wildman–Crippen LogP) is 1.90. The molecule has 27 heavy (non-hydrogen) atoms. The number of para-hydroxylation sites is 1. The van der Waals surface area contributed by atoms with Crippen LogP contribution in [-0.2, 0) is 4.79 Å². The number of hydrazine groups is 1. The molecule has 0 aliphatic carbocycles. The number of hydrogen-bond acceptors (Lipinski definition) is 6. The molecule has 2 aromatic carbocycles. The Balaban J connectivity index is 1.28. The van der Waals surface area contributed by atoms with Crippen molar-refractivity contribution >= 4 is 28.2 Å². The van der Waals surface area contributed by atoms with E-state index in [2.05, 4.69) is 55.1 Å². The van der Waals surface area contributed by atoms with E-state index in [0.29, 0.717) is 12.4 Å². The van der Waals surface area contributed by atoms with Crippen LogP contribution in [0.2, 0.25) is 0 Å². The molecular formula is C20H22N6O. The van der Waals surface area contributed by atoms with Gasteiger partial charge in [0.15, 0.2) is 5.82 Å². The maximum absolute atomic E-state index is 12.3. The largest absolute Gasteiger partial charge is 0.369 e. The lowest BCUT2D eigenvalue weighted by Crippen LogP contribution is -2.50. The van der Waals surface area contributed by atoms with E-state index < -0.39 is 0 Å². The first-order valence-electron chi connectivity index (χ1n) is 9.07. The second-order valence-corrected chi connectivity index (χ2v) is 6.55. The Bertz CT molecular complexity index is 903. The zero-order valence-electron chi connectivity index (χ0n) is 15.0. The molecule has 2 N–H and O–H groups in total. The number of nitrogens with one attached hydrogen (secondary N) is 2. The standard InChI is InChI=1S/C20H22N6O/c27-19(22-24-20-18-9-5-4-6-16(18)14-21-23-20)15-25-10-12-26(13-11-25)17-7-2-1-3-8-17/h1-9,14H,10-13,15H2,(H,22,27)(H,23,24). The molecule has 1 saturated heterocycles. The monoisotopic (exact) mass is 362 g/mol. The Morgan fingerprint density at radius 2 is 1.70 bits per heavy atom. The van der Waals surface area contributed by atoms with E-state index in [1.165, 1.54) is 5.69 Å². The third kappa shape index (κ3) is 4.15. The Morgan fingerprint density at radius 3 is 2.52 bits per heavy atom. The highest BCUT2D eigenvalue weighted by atomic mass is 16.2. The highest BCUT2D eigenvalue weighted by Crippen LogP contribution is 2.18. The van der Waals surface area contributed by atoms with E-state index in [1.54, 1.807) is 6.20 Å². The van der Waals surface area contributed by atoms with Crippen LogP contribution in [-0.4, -0.2) is 53.7 Å². The van der Waals surface area contributed by atoms with Gasteiger partial charge in [-0.25, -0.2) is 0 Å². The maximum Gasteiger partial charge on any atom is 0.252 e. The first-order chi connectivity index (χ1) is 13.3. The number of nitrogens with zero attached hydrogens (tertiary/aromatic N) is 4. The van der Waals surface area contributed by atoms with E-state index >= 15 is 0 Å². The van der Waals surface area contributed by atoms with Gasteiger partial charge in [-0.05, 0) is 12.1 Å². The number of carbonyl (C=O) groups is 1. The molecule has 7 heteroatoms. The van der Waals surface area contributed by atoms with Crippen molar-refractivity contribution in [1.82, 2.24) is 20.5 Å². The summed E-state index contributed by atoms with van der Waals surface area (Å²) in [6.07, 6.45) is 1.70. The molecule has 1 fully saturated rings. The fourth-order valence-corrected chi connectivity index (χ4v) is 3.29. The summed E-state index contributed by atoms with van der Waals surface area (Å²) in [5.41, 5.74) is 6.87. The molecule has 7 nitrogen and oxygen atoms in total. The highest BCUT2D eigenvalue weighted by Gasteiger charge is 2.19. The topological polar surface area (TPSA) is 73.4 Å². The molecule has 1 aliphatic heterocycles. The summed E-state index contributed by atoms with van der Waals surface area (Å²) in [6, 6.07) is 18.2. The molecule has 0 bridgehead atoms. The third-order valence-electron chi connectivity index (χ3n) is 4.75. The van der Waals surface area contributed by atoms with Crippen LogP contribution < -0.4 is 15.8 Å². The average molecular weight is 362 g/mol. The van der Waals surface area contributed by atoms with Crippen LogP contribution in [0, 0.1) is 0 Å². The molecule has 1 aromatic heterocycles. The van der Waals surface area contributed by atoms with Crippen molar-refractivity contribution in [3.05, 3.63) is 60.8 Å². The zero-order valence-corrected chi connectivity index (χ0v) is 15.0. The quantitative estimate of drug-likeness (QED) is 0.676. The summed E-state index contributed by atoms with van der Waals surface area (Å²) < 4.78 is 0. The second kappa shape index (κ2) is 8.01. The van der Waals surface area contributed by atoms with Gasteiger partial charge in [0, 0.05) is 42.6 Å². The molecule has 2 heterocycles. The van der Waals surface area contributed by atoms with Crippen LogP contribution >= 0.6 is 0 Å². The molecule has 1 amide bonds. The molecule has 0 unspecified atom stereocenters. The molecule has 138 valence electrons. The number of benzene rings is 2. The van der Waals surface area contributed by atoms with Crippen molar-refractivity contribution in [3.8, 4) is 0 Å². The van der Waals surface area contributed by atoms with Crippen molar-refractivity contribution < 1.29 is 4.79 Å². The van der Waals surface area contributed by atoms with Crippen molar-refractivity contribution in [3.63, 3.8) is 0 Å². The van der Waals surface area contributed by atoms with Crippen LogP contribution in [0.15, 0.2) is 60.8 Å². The minimum Gasteiger partial charge on any atom is -0.369 e. The molecule has 4 rings (SSSR count). The van der Waals surface area contributed by atoms with Crippen LogP contribution in [0.5, 0.6) is 0 Å². The normalized spacial score (nSPS) is 14.9. The first kappa shape index (κ1) is 17.2. The number of carbonyl (C=O) groups excluding carboxylic acids is 1. The first-order valence-corrected chi connectivity index (χ1v) is 9.07. The van der Waals surface area contributed by atoms with Gasteiger partial charge in [-0.2, -0.15) is 5.10 Å². The molecule has 0 spiro atoms. The lowest BCUT2D eigenvalue weighted by Gasteiger charge is -2.35. The van der Waals surface area contributed by atoms with Crippen molar-refractivity contribution in [2.45, 2.75) is 0 Å². The van der Waals surface area contributed by atoms with E-state index in [-0.39, 0.29) is 5.91 Å². The molecule has 0 radical (unpaired) electrons. The number of anilines is 2. The van der Waals surface area contributed by atoms with Crippen LogP contribution in [0.3, 0.4) is 0 Å². The number of hydrogen-bond donors (Lipinski definition) is 2. The summed E-state index contributed by atoms with van der Waals surface area (Å²) in [5, 5.41) is 9.93. The highest BCUT2D eigenvalue weighted by molar-refractivity contribution is 5.91. The summed E-state index contributed by atoms with van der Waals surface area (Å²) in [6.45, 7) is 3.90. The Hall–Kier alpha value is -3.19. The van der Waals surface area contributed by atoms with Gasteiger partial charge < -0.3 is 4.90 Å². The summed E-state index contributed by atoms with van der Waals surface area (Å²) in [5.74, 6) is 0.466. The van der Waals surface area contributed by atoms with Crippen LogP contribution in [0.1, 0.15) is 0 Å². The average Bonchev–Trinajstić information content (AvgIpc) is 2.73. The lowest BCUT2D eigenvalue weighted by molar-refractivity contribution is -0.121. The molecular weight excluding hydrogens is 340 g/mol. The van der Waals surface area contributed by atoms with Gasteiger partial charge in [-0.1, -0.05) is 42.5 Å². The Kier molecular flexibility index (Phi) is 5.11. The fourth-order valence-electron chi connectivity index (χ4n) is 3.29. The van der Waals surface area contributed by atoms with Gasteiger partial charge in [0.1, 0.15) is 0 Å². The van der Waals surface area contributed by atoms with E-state index in [0.717, 1.165) is 37.0 Å². The number of piperazine rings is 1. The van der Waals surface area contributed by atoms with Gasteiger partial charge in [0.2, 0.25) is 0 Å². The number of rotatable bonds is 5. The number of fused-ring (bicyclic) bond motifs is 1. The second-order valence-electron chi connectivity index (χ2n) is 6.55. The van der Waals surface area contributed by atoms with Gasteiger partial charge >= 0.3 is 0 Å². The minimum atomic E-state index is -0.0853. The molecule has 0 saturated carbocycles. The number of aromatic nitrogens is 2. The van der Waals surface area contributed by atoms with Gasteiger partial charge in [-0.3, -0.25) is 20.5 Å². The van der Waals surface area contributed by atoms with Crippen molar-refractivity contribution in [2.24, 2.45) is 0 Å². The third-order valence-corrected chi connectivity index (χ3v) is 4.75.